The summed E-state index contributed by atoms with van der Waals surface area (Å²) >= 11 is 5.71. The summed E-state index contributed by atoms with van der Waals surface area (Å²) in [5.41, 5.74) is 0. The minimum Gasteiger partial charge on any atom is -0.122 e. The quantitative estimate of drug-likeness (QED) is 0.335. The Balaban J connectivity index is 2.32. The molecule has 0 bridgehead atoms. The summed E-state index contributed by atoms with van der Waals surface area (Å²) in [5, 5.41) is 0.296. The highest BCUT2D eigenvalue weighted by atomic mass is 35.5. The SMILES string of the molecule is ClC1[CH]CC=CC1. The number of hydrogen-bond donors (Lipinski definition) is 0. The van der Waals surface area contributed by atoms with Gasteiger partial charge in [-0.05, 0) is 19.3 Å². The van der Waals surface area contributed by atoms with E-state index in [9.17, 15) is 0 Å². The molecule has 39 valence electrons. The molecule has 1 aliphatic rings. The van der Waals surface area contributed by atoms with Crippen LogP contribution in [0.4, 0.5) is 0 Å². The lowest BCUT2D eigenvalue weighted by atomic mass is 10.1. The zero-order chi connectivity index (χ0) is 5.11. The van der Waals surface area contributed by atoms with Crippen molar-refractivity contribution in [1.29, 1.82) is 0 Å². The van der Waals surface area contributed by atoms with Gasteiger partial charge in [0.15, 0.2) is 0 Å². The van der Waals surface area contributed by atoms with Crippen molar-refractivity contribution in [2.75, 3.05) is 0 Å². The molecular formula is C6H8Cl. The molecule has 1 heteroatoms. The van der Waals surface area contributed by atoms with Crippen LogP contribution in [-0.4, -0.2) is 5.38 Å². The van der Waals surface area contributed by atoms with Crippen LogP contribution < -0.4 is 0 Å². The predicted octanol–water partition coefficient (Wildman–Crippen LogP) is 2.15. The molecule has 1 aliphatic carbocycles. The lowest BCUT2D eigenvalue weighted by molar-refractivity contribution is 0.902. The molecule has 1 radical (unpaired) electrons. The van der Waals surface area contributed by atoms with Crippen LogP contribution in [0.3, 0.4) is 0 Å². The first-order chi connectivity index (χ1) is 3.39. The van der Waals surface area contributed by atoms with Crippen LogP contribution >= 0.6 is 11.6 Å². The van der Waals surface area contributed by atoms with Gasteiger partial charge in [-0.2, -0.15) is 0 Å². The van der Waals surface area contributed by atoms with E-state index >= 15 is 0 Å². The average Bonchev–Trinajstić information content (AvgIpc) is 1.69. The first-order valence-electron chi connectivity index (χ1n) is 2.52. The van der Waals surface area contributed by atoms with Gasteiger partial charge >= 0.3 is 0 Å². The van der Waals surface area contributed by atoms with Crippen LogP contribution in [0, 0.1) is 6.42 Å². The van der Waals surface area contributed by atoms with Crippen LogP contribution in [-0.2, 0) is 0 Å². The van der Waals surface area contributed by atoms with Gasteiger partial charge in [0.1, 0.15) is 0 Å². The number of halogens is 1. The molecule has 0 aliphatic heterocycles. The van der Waals surface area contributed by atoms with E-state index in [2.05, 4.69) is 18.6 Å². The molecule has 0 saturated carbocycles. The van der Waals surface area contributed by atoms with Crippen molar-refractivity contribution in [3.05, 3.63) is 18.6 Å². The van der Waals surface area contributed by atoms with E-state index < -0.39 is 0 Å². The summed E-state index contributed by atoms with van der Waals surface area (Å²) in [4.78, 5) is 0. The minimum atomic E-state index is 0.296. The summed E-state index contributed by atoms with van der Waals surface area (Å²) in [6, 6.07) is 0. The first-order valence-corrected chi connectivity index (χ1v) is 2.95. The molecule has 7 heavy (non-hydrogen) atoms. The van der Waals surface area contributed by atoms with Crippen LogP contribution in [0.2, 0.25) is 0 Å². The van der Waals surface area contributed by atoms with Gasteiger partial charge in [0.2, 0.25) is 0 Å². The minimum absolute atomic E-state index is 0.296. The van der Waals surface area contributed by atoms with Crippen LogP contribution in [0.5, 0.6) is 0 Å². The summed E-state index contributed by atoms with van der Waals surface area (Å²) in [6.07, 6.45) is 8.44. The second-order valence-corrected chi connectivity index (χ2v) is 2.26. The molecular weight excluding hydrogens is 108 g/mol. The van der Waals surface area contributed by atoms with Gasteiger partial charge < -0.3 is 0 Å². The van der Waals surface area contributed by atoms with Crippen molar-refractivity contribution in [2.45, 2.75) is 18.2 Å². The van der Waals surface area contributed by atoms with E-state index in [-0.39, 0.29) is 0 Å². The topological polar surface area (TPSA) is 0 Å². The third kappa shape index (κ3) is 1.52. The van der Waals surface area contributed by atoms with Gasteiger partial charge in [0, 0.05) is 5.38 Å². The van der Waals surface area contributed by atoms with E-state index in [1.54, 1.807) is 0 Å². The van der Waals surface area contributed by atoms with Crippen molar-refractivity contribution < 1.29 is 0 Å². The maximum absolute atomic E-state index is 5.71. The molecule has 1 unspecified atom stereocenters. The molecule has 0 nitrogen and oxygen atoms in total. The number of rotatable bonds is 0. The molecule has 1 rings (SSSR count). The molecule has 0 aromatic heterocycles. The second-order valence-electron chi connectivity index (χ2n) is 1.69. The van der Waals surface area contributed by atoms with Crippen molar-refractivity contribution in [2.24, 2.45) is 0 Å². The lowest BCUT2D eigenvalue weighted by Crippen LogP contribution is -1.99. The van der Waals surface area contributed by atoms with Crippen LogP contribution in [0.15, 0.2) is 12.2 Å². The van der Waals surface area contributed by atoms with Crippen molar-refractivity contribution in [1.82, 2.24) is 0 Å². The zero-order valence-corrected chi connectivity index (χ0v) is 4.86. The van der Waals surface area contributed by atoms with E-state index in [1.165, 1.54) is 0 Å². The number of hydrogen-bond acceptors (Lipinski definition) is 0. The Hall–Kier alpha value is 0.0300. The zero-order valence-electron chi connectivity index (χ0n) is 4.10. The van der Waals surface area contributed by atoms with Crippen molar-refractivity contribution in [3.8, 4) is 0 Å². The Bertz CT molecular complexity index is 76.2. The molecule has 0 N–H and O–H groups in total. The monoisotopic (exact) mass is 115 g/mol. The van der Waals surface area contributed by atoms with Gasteiger partial charge in [-0.25, -0.2) is 0 Å². The summed E-state index contributed by atoms with van der Waals surface area (Å²) < 4.78 is 0. The standard InChI is InChI=1S/C6H8Cl/c7-6-4-2-1-3-5-6/h1-2,5-6H,3-4H2. The van der Waals surface area contributed by atoms with Gasteiger partial charge in [0.25, 0.3) is 0 Å². The third-order valence-corrected chi connectivity index (χ3v) is 1.41. The molecule has 0 fully saturated rings. The predicted molar refractivity (Wildman–Crippen MR) is 32.3 cm³/mol. The lowest BCUT2D eigenvalue weighted by Gasteiger charge is -2.06. The highest BCUT2D eigenvalue weighted by Crippen LogP contribution is 2.14. The Labute approximate surface area is 49.2 Å². The molecule has 0 aromatic carbocycles. The molecule has 0 amide bonds. The maximum atomic E-state index is 5.71. The fraction of sp³-hybridized carbons (Fsp3) is 0.500. The highest BCUT2D eigenvalue weighted by Gasteiger charge is 2.03. The Morgan fingerprint density at radius 2 is 2.29 bits per heavy atom. The summed E-state index contributed by atoms with van der Waals surface area (Å²) in [7, 11) is 0. The Kier molecular flexibility index (Phi) is 1.75. The van der Waals surface area contributed by atoms with E-state index in [0.717, 1.165) is 12.8 Å². The molecule has 1 atom stereocenters. The van der Waals surface area contributed by atoms with Crippen LogP contribution in [0.1, 0.15) is 12.8 Å². The van der Waals surface area contributed by atoms with E-state index in [1.807, 2.05) is 0 Å². The highest BCUT2D eigenvalue weighted by molar-refractivity contribution is 6.21. The van der Waals surface area contributed by atoms with Crippen molar-refractivity contribution >= 4 is 11.6 Å². The fourth-order valence-corrected chi connectivity index (χ4v) is 0.851. The summed E-state index contributed by atoms with van der Waals surface area (Å²) in [6.45, 7) is 0. The van der Waals surface area contributed by atoms with Crippen molar-refractivity contribution in [3.63, 3.8) is 0 Å². The molecule has 0 saturated heterocycles. The summed E-state index contributed by atoms with van der Waals surface area (Å²) in [5.74, 6) is 0. The normalized spacial score (nSPS) is 30.7. The molecule has 0 heterocycles. The van der Waals surface area contributed by atoms with Gasteiger partial charge in [-0.1, -0.05) is 12.2 Å². The smallest absolute Gasteiger partial charge is 0.0404 e. The second kappa shape index (κ2) is 2.37. The molecule has 0 aromatic rings. The van der Waals surface area contributed by atoms with E-state index in [0.29, 0.717) is 5.38 Å². The van der Waals surface area contributed by atoms with Gasteiger partial charge in [-0.15, -0.1) is 11.6 Å². The Morgan fingerprint density at radius 1 is 1.43 bits per heavy atom. The average molecular weight is 116 g/mol. The van der Waals surface area contributed by atoms with Crippen LogP contribution in [0.25, 0.3) is 0 Å². The van der Waals surface area contributed by atoms with Gasteiger partial charge in [-0.3, -0.25) is 0 Å². The number of allylic oxidation sites excluding steroid dienone is 2. The number of alkyl halides is 1. The fourth-order valence-electron chi connectivity index (χ4n) is 0.645. The first kappa shape index (κ1) is 5.17. The maximum Gasteiger partial charge on any atom is 0.0404 e. The Morgan fingerprint density at radius 3 is 2.57 bits per heavy atom. The largest absolute Gasteiger partial charge is 0.122 e. The third-order valence-electron chi connectivity index (χ3n) is 1.06. The van der Waals surface area contributed by atoms with E-state index in [4.69, 9.17) is 11.6 Å². The molecule has 0 spiro atoms. The van der Waals surface area contributed by atoms with Gasteiger partial charge in [0.05, 0.1) is 0 Å².